The first-order valence-electron chi connectivity index (χ1n) is 5.83. The van der Waals surface area contributed by atoms with Crippen molar-refractivity contribution in [3.8, 4) is 0 Å². The molecule has 76 valence electrons. The van der Waals surface area contributed by atoms with Gasteiger partial charge >= 0.3 is 0 Å². The third-order valence-corrected chi connectivity index (χ3v) is 4.73. The van der Waals surface area contributed by atoms with Crippen LogP contribution in [0.4, 0.5) is 0 Å². The smallest absolute Gasteiger partial charge is 0.0132 e. The van der Waals surface area contributed by atoms with Gasteiger partial charge in [0.2, 0.25) is 0 Å². The molecule has 0 spiro atoms. The molecule has 2 atom stereocenters. The van der Waals surface area contributed by atoms with E-state index in [4.69, 9.17) is 0 Å². The van der Waals surface area contributed by atoms with Gasteiger partial charge in [-0.15, -0.1) is 0 Å². The lowest BCUT2D eigenvalue weighted by atomic mass is 9.63. The number of piperidine rings is 1. The first-order chi connectivity index (χ1) is 6.10. The molecule has 13 heavy (non-hydrogen) atoms. The minimum atomic E-state index is 0.611. The highest BCUT2D eigenvalue weighted by Gasteiger charge is 2.57. The summed E-state index contributed by atoms with van der Waals surface area (Å²) >= 11 is 0. The van der Waals surface area contributed by atoms with Gasteiger partial charge in [0.15, 0.2) is 0 Å². The van der Waals surface area contributed by atoms with Crippen molar-refractivity contribution in [3.05, 3.63) is 0 Å². The summed E-state index contributed by atoms with van der Waals surface area (Å²) in [6.07, 6.45) is 2.88. The molecule has 1 heterocycles. The zero-order valence-electron chi connectivity index (χ0n) is 9.43. The van der Waals surface area contributed by atoms with Crippen LogP contribution >= 0.6 is 0 Å². The summed E-state index contributed by atoms with van der Waals surface area (Å²) in [4.78, 5) is 0. The molecular formula is C12H23N. The third kappa shape index (κ3) is 1.03. The maximum atomic E-state index is 3.71. The molecule has 1 nitrogen and oxygen atoms in total. The normalized spacial score (nSPS) is 36.5. The molecule has 1 aliphatic heterocycles. The highest BCUT2D eigenvalue weighted by atomic mass is 15.0. The highest BCUT2D eigenvalue weighted by molar-refractivity contribution is 5.10. The lowest BCUT2D eigenvalue weighted by Gasteiger charge is -2.42. The van der Waals surface area contributed by atoms with Gasteiger partial charge < -0.3 is 5.32 Å². The lowest BCUT2D eigenvalue weighted by Crippen LogP contribution is -2.43. The Balaban J connectivity index is 2.33. The SMILES string of the molecule is CC(C)C1(C(C)C)C2CCC1NC2. The fourth-order valence-corrected chi connectivity index (χ4v) is 4.41. The van der Waals surface area contributed by atoms with Gasteiger partial charge in [-0.1, -0.05) is 27.7 Å². The molecule has 2 aliphatic rings. The summed E-state index contributed by atoms with van der Waals surface area (Å²) in [5.41, 5.74) is 0.611. The Morgan fingerprint density at radius 2 is 1.69 bits per heavy atom. The van der Waals surface area contributed by atoms with Crippen LogP contribution in [0.3, 0.4) is 0 Å². The summed E-state index contributed by atoms with van der Waals surface area (Å²) in [6, 6.07) is 0.817. The van der Waals surface area contributed by atoms with E-state index in [2.05, 4.69) is 33.0 Å². The summed E-state index contributed by atoms with van der Waals surface area (Å²) in [5.74, 6) is 2.62. The minimum absolute atomic E-state index is 0.611. The average Bonchev–Trinajstić information content (AvgIpc) is 2.57. The number of rotatable bonds is 2. The fraction of sp³-hybridized carbons (Fsp3) is 1.00. The second kappa shape index (κ2) is 2.98. The van der Waals surface area contributed by atoms with Crippen LogP contribution in [-0.4, -0.2) is 12.6 Å². The van der Waals surface area contributed by atoms with Gasteiger partial charge in [0, 0.05) is 6.04 Å². The van der Waals surface area contributed by atoms with E-state index in [0.29, 0.717) is 5.41 Å². The Labute approximate surface area is 82.3 Å². The van der Waals surface area contributed by atoms with Crippen LogP contribution in [0.1, 0.15) is 40.5 Å². The Morgan fingerprint density at radius 1 is 1.08 bits per heavy atom. The van der Waals surface area contributed by atoms with Crippen LogP contribution in [0, 0.1) is 23.2 Å². The first-order valence-corrected chi connectivity index (χ1v) is 5.83. The van der Waals surface area contributed by atoms with Crippen molar-refractivity contribution < 1.29 is 0 Å². The summed E-state index contributed by atoms with van der Waals surface area (Å²) in [5, 5.41) is 3.71. The number of nitrogens with one attached hydrogen (secondary N) is 1. The van der Waals surface area contributed by atoms with Gasteiger partial charge in [0.05, 0.1) is 0 Å². The van der Waals surface area contributed by atoms with Crippen molar-refractivity contribution in [3.63, 3.8) is 0 Å². The number of hydrogen-bond acceptors (Lipinski definition) is 1. The van der Waals surface area contributed by atoms with Crippen molar-refractivity contribution in [1.82, 2.24) is 5.32 Å². The van der Waals surface area contributed by atoms with Crippen molar-refractivity contribution >= 4 is 0 Å². The molecule has 2 bridgehead atoms. The Morgan fingerprint density at radius 3 is 1.85 bits per heavy atom. The van der Waals surface area contributed by atoms with Crippen molar-refractivity contribution in [2.75, 3.05) is 6.54 Å². The van der Waals surface area contributed by atoms with Crippen LogP contribution in [0.5, 0.6) is 0 Å². The maximum absolute atomic E-state index is 3.71. The summed E-state index contributed by atoms with van der Waals surface area (Å²) < 4.78 is 0. The Hall–Kier alpha value is -0.0400. The van der Waals surface area contributed by atoms with Gasteiger partial charge in [-0.25, -0.2) is 0 Å². The van der Waals surface area contributed by atoms with E-state index >= 15 is 0 Å². The van der Waals surface area contributed by atoms with E-state index in [9.17, 15) is 0 Å². The molecule has 2 rings (SSSR count). The molecule has 0 radical (unpaired) electrons. The lowest BCUT2D eigenvalue weighted by molar-refractivity contribution is 0.0786. The van der Waals surface area contributed by atoms with Crippen LogP contribution in [0.25, 0.3) is 0 Å². The van der Waals surface area contributed by atoms with Crippen LogP contribution in [-0.2, 0) is 0 Å². The van der Waals surface area contributed by atoms with Crippen molar-refractivity contribution in [2.45, 2.75) is 46.6 Å². The summed E-state index contributed by atoms with van der Waals surface area (Å²) in [7, 11) is 0. The molecule has 0 aromatic rings. The Bertz CT molecular complexity index is 165. The quantitative estimate of drug-likeness (QED) is 0.690. The molecule has 1 saturated heterocycles. The topological polar surface area (TPSA) is 12.0 Å². The average molecular weight is 181 g/mol. The molecule has 0 amide bonds. The van der Waals surface area contributed by atoms with E-state index in [1.165, 1.54) is 19.4 Å². The molecule has 0 aromatic carbocycles. The Kier molecular flexibility index (Phi) is 2.18. The van der Waals surface area contributed by atoms with E-state index in [0.717, 1.165) is 23.8 Å². The van der Waals surface area contributed by atoms with Gasteiger partial charge in [-0.05, 0) is 42.6 Å². The molecule has 1 N–H and O–H groups in total. The zero-order chi connectivity index (χ0) is 9.64. The summed E-state index contributed by atoms with van der Waals surface area (Å²) in [6.45, 7) is 10.9. The van der Waals surface area contributed by atoms with Gasteiger partial charge in [0.1, 0.15) is 0 Å². The number of hydrogen-bond donors (Lipinski definition) is 1. The predicted molar refractivity (Wildman–Crippen MR) is 56.6 cm³/mol. The van der Waals surface area contributed by atoms with E-state index in [1.807, 2.05) is 0 Å². The minimum Gasteiger partial charge on any atom is -0.313 e. The van der Waals surface area contributed by atoms with Crippen LogP contribution in [0.15, 0.2) is 0 Å². The molecule has 1 aliphatic carbocycles. The highest BCUT2D eigenvalue weighted by Crippen LogP contribution is 2.56. The van der Waals surface area contributed by atoms with Crippen molar-refractivity contribution in [2.24, 2.45) is 23.2 Å². The van der Waals surface area contributed by atoms with Crippen LogP contribution in [0.2, 0.25) is 0 Å². The maximum Gasteiger partial charge on any atom is 0.0132 e. The zero-order valence-corrected chi connectivity index (χ0v) is 9.43. The third-order valence-electron chi connectivity index (χ3n) is 4.73. The first kappa shape index (κ1) is 9.51. The van der Waals surface area contributed by atoms with Gasteiger partial charge in [0.25, 0.3) is 0 Å². The van der Waals surface area contributed by atoms with Gasteiger partial charge in [-0.3, -0.25) is 0 Å². The molecule has 2 unspecified atom stereocenters. The van der Waals surface area contributed by atoms with Crippen molar-refractivity contribution in [1.29, 1.82) is 0 Å². The van der Waals surface area contributed by atoms with Crippen LogP contribution < -0.4 is 5.32 Å². The number of fused-ring (bicyclic) bond motifs is 2. The molecule has 0 aromatic heterocycles. The molecule has 1 saturated carbocycles. The molecule has 2 fully saturated rings. The monoisotopic (exact) mass is 181 g/mol. The largest absolute Gasteiger partial charge is 0.313 e. The standard InChI is InChI=1S/C12H23N/c1-8(2)12(9(3)4)10-5-6-11(12)13-7-10/h8-11,13H,5-7H2,1-4H3. The molecule has 1 heteroatoms. The molecular weight excluding hydrogens is 158 g/mol. The predicted octanol–water partition coefficient (Wildman–Crippen LogP) is 2.67. The fourth-order valence-electron chi connectivity index (χ4n) is 4.41. The van der Waals surface area contributed by atoms with E-state index in [1.54, 1.807) is 0 Å². The second-order valence-corrected chi connectivity index (χ2v) is 5.54. The second-order valence-electron chi connectivity index (χ2n) is 5.54. The van der Waals surface area contributed by atoms with E-state index in [-0.39, 0.29) is 0 Å². The van der Waals surface area contributed by atoms with E-state index < -0.39 is 0 Å². The van der Waals surface area contributed by atoms with Gasteiger partial charge in [-0.2, -0.15) is 0 Å².